The summed E-state index contributed by atoms with van der Waals surface area (Å²) in [6.07, 6.45) is 1.07. The second kappa shape index (κ2) is 12.8. The van der Waals surface area contributed by atoms with Crippen molar-refractivity contribution in [3.8, 4) is 0 Å². The second-order valence-electron chi connectivity index (χ2n) is 9.02. The van der Waals surface area contributed by atoms with E-state index in [2.05, 4.69) is 5.32 Å². The van der Waals surface area contributed by atoms with Crippen LogP contribution in [0, 0.1) is 12.7 Å². The molecular weight excluding hydrogens is 483 g/mol. The fourth-order valence-electron chi connectivity index (χ4n) is 3.58. The number of benzene rings is 2. The van der Waals surface area contributed by atoms with E-state index in [4.69, 9.17) is 0 Å². The number of carbonyl (C=O) groups is 2. The molecule has 0 saturated carbocycles. The molecule has 10 heteroatoms. The molecule has 0 saturated heterocycles. The number of hydrogen-bond acceptors (Lipinski definition) is 4. The molecule has 0 radical (unpaired) electrons. The molecule has 0 bridgehead atoms. The van der Waals surface area contributed by atoms with Crippen LogP contribution in [0.15, 0.2) is 48.5 Å². The summed E-state index contributed by atoms with van der Waals surface area (Å²) in [7, 11) is -1.38. The Bertz CT molecular complexity index is 1120. The Hall–Kier alpha value is -2.98. The van der Waals surface area contributed by atoms with Crippen LogP contribution >= 0.6 is 0 Å². The first-order valence-electron chi connectivity index (χ1n) is 12.0. The van der Waals surface area contributed by atoms with Crippen molar-refractivity contribution in [2.45, 2.75) is 59.2 Å². The van der Waals surface area contributed by atoms with E-state index in [0.29, 0.717) is 6.42 Å². The summed E-state index contributed by atoms with van der Waals surface area (Å²) < 4.78 is 41.7. The zero-order chi connectivity index (χ0) is 27.0. The highest BCUT2D eigenvalue weighted by Gasteiger charge is 2.34. The topological polar surface area (TPSA) is 90.0 Å². The number of nitrogens with one attached hydrogen (secondary N) is 1. The normalized spacial score (nSPS) is 13.2. The van der Waals surface area contributed by atoms with Crippen LogP contribution in [0.3, 0.4) is 0 Å². The van der Waals surface area contributed by atoms with E-state index in [1.54, 1.807) is 0 Å². The summed E-state index contributed by atoms with van der Waals surface area (Å²) in [6.45, 7) is 7.18. The molecule has 0 aliphatic heterocycles. The zero-order valence-corrected chi connectivity index (χ0v) is 22.7. The maximum Gasteiger partial charge on any atom is 0.304 e. The van der Waals surface area contributed by atoms with Crippen LogP contribution in [0.25, 0.3) is 0 Å². The van der Waals surface area contributed by atoms with E-state index in [1.165, 1.54) is 31.1 Å². The van der Waals surface area contributed by atoms with Gasteiger partial charge in [0.15, 0.2) is 0 Å². The molecule has 0 unspecified atom stereocenters. The van der Waals surface area contributed by atoms with Crippen LogP contribution in [-0.2, 0) is 26.3 Å². The van der Waals surface area contributed by atoms with Crippen LogP contribution in [0.5, 0.6) is 0 Å². The number of nitrogens with zero attached hydrogens (tertiary/aromatic N) is 3. The smallest absolute Gasteiger partial charge is 0.304 e. The van der Waals surface area contributed by atoms with Crippen LogP contribution in [-0.4, -0.2) is 62.2 Å². The van der Waals surface area contributed by atoms with E-state index < -0.39 is 34.5 Å². The lowest BCUT2D eigenvalue weighted by molar-refractivity contribution is -0.140. The van der Waals surface area contributed by atoms with Gasteiger partial charge in [-0.05, 0) is 56.5 Å². The Morgan fingerprint density at radius 2 is 1.56 bits per heavy atom. The van der Waals surface area contributed by atoms with Crippen molar-refractivity contribution in [1.29, 1.82) is 0 Å². The predicted octanol–water partition coefficient (Wildman–Crippen LogP) is 3.47. The van der Waals surface area contributed by atoms with Gasteiger partial charge in [0.2, 0.25) is 11.8 Å². The highest BCUT2D eigenvalue weighted by atomic mass is 32.2. The van der Waals surface area contributed by atoms with Gasteiger partial charge in [0.25, 0.3) is 0 Å². The highest BCUT2D eigenvalue weighted by molar-refractivity contribution is 7.90. The molecule has 0 spiro atoms. The molecule has 2 rings (SSSR count). The molecule has 8 nitrogen and oxygen atoms in total. The van der Waals surface area contributed by atoms with Gasteiger partial charge in [-0.15, -0.1) is 0 Å². The Labute approximate surface area is 214 Å². The number of anilines is 1. The molecule has 36 heavy (non-hydrogen) atoms. The monoisotopic (exact) mass is 520 g/mol. The van der Waals surface area contributed by atoms with Gasteiger partial charge in [0.1, 0.15) is 18.4 Å². The summed E-state index contributed by atoms with van der Waals surface area (Å²) in [5, 5.41) is 2.94. The standard InChI is InChI=1S/C26H37FN4O4S/c1-7-20(4)28-26(33)24(8-2)30(17-21-11-9-19(3)10-12-21)25(32)18-31(36(34,35)29(5)6)23-15-13-22(27)14-16-23/h9-16,20,24H,7-8,17-18H2,1-6H3,(H,28,33)/t20-,24-/m1/s1. The van der Waals surface area contributed by atoms with E-state index in [0.717, 1.165) is 38.3 Å². The Kier molecular flexibility index (Phi) is 10.4. The minimum absolute atomic E-state index is 0.0762. The Balaban J connectivity index is 2.48. The fraction of sp³-hybridized carbons (Fsp3) is 0.462. The first-order valence-corrected chi connectivity index (χ1v) is 13.4. The maximum absolute atomic E-state index is 13.7. The van der Waals surface area contributed by atoms with Gasteiger partial charge in [-0.1, -0.05) is 43.7 Å². The molecule has 2 amide bonds. The van der Waals surface area contributed by atoms with Gasteiger partial charge in [-0.2, -0.15) is 12.7 Å². The third-order valence-corrected chi connectivity index (χ3v) is 7.81. The lowest BCUT2D eigenvalue weighted by Crippen LogP contribution is -2.54. The number of hydrogen-bond donors (Lipinski definition) is 1. The van der Waals surface area contributed by atoms with Gasteiger partial charge in [-0.3, -0.25) is 9.59 Å². The van der Waals surface area contributed by atoms with Crippen LogP contribution < -0.4 is 9.62 Å². The van der Waals surface area contributed by atoms with Crippen molar-refractivity contribution in [3.63, 3.8) is 0 Å². The lowest BCUT2D eigenvalue weighted by Gasteiger charge is -2.34. The van der Waals surface area contributed by atoms with E-state index in [-0.39, 0.29) is 24.2 Å². The van der Waals surface area contributed by atoms with Crippen LogP contribution in [0.4, 0.5) is 10.1 Å². The minimum Gasteiger partial charge on any atom is -0.352 e. The zero-order valence-electron chi connectivity index (χ0n) is 21.9. The summed E-state index contributed by atoms with van der Waals surface area (Å²) in [5.74, 6) is -1.37. The molecule has 2 atom stereocenters. The summed E-state index contributed by atoms with van der Waals surface area (Å²) in [4.78, 5) is 28.3. The molecule has 2 aromatic carbocycles. The first kappa shape index (κ1) is 29.3. The Morgan fingerprint density at radius 3 is 2.06 bits per heavy atom. The number of halogens is 1. The molecule has 2 aromatic rings. The number of amides is 2. The summed E-state index contributed by atoms with van der Waals surface area (Å²) >= 11 is 0. The number of carbonyl (C=O) groups excluding carboxylic acids is 2. The van der Waals surface area contributed by atoms with Gasteiger partial charge < -0.3 is 10.2 Å². The summed E-state index contributed by atoms with van der Waals surface area (Å²) in [6, 6.07) is 11.6. The largest absolute Gasteiger partial charge is 0.352 e. The number of aryl methyl sites for hydroxylation is 1. The maximum atomic E-state index is 13.7. The average Bonchev–Trinajstić information content (AvgIpc) is 2.83. The molecule has 0 fully saturated rings. The van der Waals surface area contributed by atoms with E-state index >= 15 is 0 Å². The highest BCUT2D eigenvalue weighted by Crippen LogP contribution is 2.22. The van der Waals surface area contributed by atoms with Crippen molar-refractivity contribution in [2.24, 2.45) is 0 Å². The fourth-order valence-corrected chi connectivity index (χ4v) is 4.63. The van der Waals surface area contributed by atoms with Crippen LogP contribution in [0.2, 0.25) is 0 Å². The van der Waals surface area contributed by atoms with E-state index in [9.17, 15) is 22.4 Å². The SMILES string of the molecule is CC[C@@H](C)NC(=O)[C@@H](CC)N(Cc1ccc(C)cc1)C(=O)CN(c1ccc(F)cc1)S(=O)(=O)N(C)C. The Morgan fingerprint density at radius 1 is 0.972 bits per heavy atom. The molecule has 198 valence electrons. The van der Waals surface area contributed by atoms with Crippen molar-refractivity contribution in [2.75, 3.05) is 24.9 Å². The average molecular weight is 521 g/mol. The van der Waals surface area contributed by atoms with Gasteiger partial charge >= 0.3 is 10.2 Å². The first-order chi connectivity index (χ1) is 16.9. The van der Waals surface area contributed by atoms with Crippen molar-refractivity contribution in [1.82, 2.24) is 14.5 Å². The van der Waals surface area contributed by atoms with E-state index in [1.807, 2.05) is 52.0 Å². The third kappa shape index (κ3) is 7.51. The van der Waals surface area contributed by atoms with Crippen LogP contribution in [0.1, 0.15) is 44.7 Å². The molecule has 0 aromatic heterocycles. The van der Waals surface area contributed by atoms with Gasteiger partial charge in [-0.25, -0.2) is 8.70 Å². The lowest BCUT2D eigenvalue weighted by atomic mass is 10.1. The van der Waals surface area contributed by atoms with Crippen molar-refractivity contribution < 1.29 is 22.4 Å². The molecular formula is C26H37FN4O4S. The second-order valence-corrected chi connectivity index (χ2v) is 11.1. The third-order valence-electron chi connectivity index (χ3n) is 5.99. The quantitative estimate of drug-likeness (QED) is 0.464. The van der Waals surface area contributed by atoms with Crippen molar-refractivity contribution in [3.05, 3.63) is 65.5 Å². The predicted molar refractivity (Wildman–Crippen MR) is 140 cm³/mol. The number of rotatable bonds is 12. The van der Waals surface area contributed by atoms with Gasteiger partial charge in [0, 0.05) is 26.7 Å². The minimum atomic E-state index is -4.09. The van der Waals surface area contributed by atoms with Crippen molar-refractivity contribution >= 4 is 27.7 Å². The molecule has 0 heterocycles. The molecule has 0 aliphatic carbocycles. The molecule has 0 aliphatic rings. The van der Waals surface area contributed by atoms with Gasteiger partial charge in [0.05, 0.1) is 5.69 Å². The molecule has 1 N–H and O–H groups in total. The summed E-state index contributed by atoms with van der Waals surface area (Å²) in [5.41, 5.74) is 2.01.